The van der Waals surface area contributed by atoms with Crippen LogP contribution in [0.15, 0.2) is 32.3 Å². The Hall–Kier alpha value is -2.17. The van der Waals surface area contributed by atoms with E-state index >= 15 is 0 Å². The van der Waals surface area contributed by atoms with Gasteiger partial charge in [0.15, 0.2) is 5.58 Å². The van der Waals surface area contributed by atoms with Crippen molar-refractivity contribution < 1.29 is 17.6 Å². The van der Waals surface area contributed by atoms with Crippen LogP contribution in [0.1, 0.15) is 26.2 Å². The second-order valence-corrected chi connectivity index (χ2v) is 9.88. The molecule has 10 heteroatoms. The van der Waals surface area contributed by atoms with Crippen LogP contribution in [0.5, 0.6) is 0 Å². The predicted molar refractivity (Wildman–Crippen MR) is 114 cm³/mol. The van der Waals surface area contributed by atoms with Crippen molar-refractivity contribution in [2.45, 2.75) is 37.6 Å². The molecule has 166 valence electrons. The average molecular weight is 439 g/mol. The minimum Gasteiger partial charge on any atom is -0.408 e. The van der Waals surface area contributed by atoms with Gasteiger partial charge in [0.1, 0.15) is 0 Å². The van der Waals surface area contributed by atoms with Gasteiger partial charge in [0, 0.05) is 45.2 Å². The van der Waals surface area contributed by atoms with E-state index < -0.39 is 15.8 Å². The van der Waals surface area contributed by atoms with Gasteiger partial charge in [-0.05, 0) is 51.9 Å². The van der Waals surface area contributed by atoms with Crippen LogP contribution in [0.25, 0.3) is 11.1 Å². The third-order valence-corrected chi connectivity index (χ3v) is 7.42. The van der Waals surface area contributed by atoms with Crippen LogP contribution in [0.3, 0.4) is 0 Å². The maximum atomic E-state index is 13.0. The number of fused-ring (bicyclic) bond motifs is 1. The number of rotatable bonds is 8. The summed E-state index contributed by atoms with van der Waals surface area (Å²) in [6.07, 6.45) is 1.71. The number of aryl methyl sites for hydroxylation is 1. The van der Waals surface area contributed by atoms with Crippen LogP contribution in [-0.2, 0) is 21.4 Å². The topological polar surface area (TPSA) is 105 Å². The van der Waals surface area contributed by atoms with Gasteiger partial charge in [-0.15, -0.1) is 0 Å². The minimum absolute atomic E-state index is 0.0130. The Labute approximate surface area is 176 Å². The summed E-state index contributed by atoms with van der Waals surface area (Å²) in [7, 11) is 0.220. The Morgan fingerprint density at radius 1 is 1.27 bits per heavy atom. The molecule has 30 heavy (non-hydrogen) atoms. The van der Waals surface area contributed by atoms with Crippen molar-refractivity contribution in [2.75, 3.05) is 40.3 Å². The van der Waals surface area contributed by atoms with Crippen LogP contribution >= 0.6 is 0 Å². The van der Waals surface area contributed by atoms with Crippen molar-refractivity contribution in [3.05, 3.63) is 28.7 Å². The third kappa shape index (κ3) is 4.93. The Kier molecular flexibility index (Phi) is 6.99. The first kappa shape index (κ1) is 22.5. The molecule has 1 aliphatic heterocycles. The zero-order chi connectivity index (χ0) is 21.9. The third-order valence-electron chi connectivity index (χ3n) is 5.52. The summed E-state index contributed by atoms with van der Waals surface area (Å²) in [6.45, 7) is 4.42. The molecule has 0 bridgehead atoms. The lowest BCUT2D eigenvalue weighted by Gasteiger charge is -2.31. The van der Waals surface area contributed by atoms with Crippen LogP contribution in [0, 0.1) is 5.92 Å². The Balaban J connectivity index is 1.61. The van der Waals surface area contributed by atoms with E-state index in [1.165, 1.54) is 21.0 Å². The highest BCUT2D eigenvalue weighted by molar-refractivity contribution is 7.89. The molecule has 0 atom stereocenters. The number of oxazole rings is 1. The lowest BCUT2D eigenvalue weighted by molar-refractivity contribution is -0.122. The lowest BCUT2D eigenvalue weighted by Crippen LogP contribution is -2.40. The SMILES string of the molecule is CCn1c(=O)oc2cc(S(=O)(=O)N3CCC(CC(=O)NCCN(C)C)CC3)ccc21. The molecule has 0 saturated carbocycles. The smallest absolute Gasteiger partial charge is 0.408 e. The van der Waals surface area contributed by atoms with Crippen molar-refractivity contribution in [1.82, 2.24) is 19.1 Å². The average Bonchev–Trinajstić information content (AvgIpc) is 3.02. The molecule has 1 aromatic heterocycles. The number of aromatic nitrogens is 1. The number of nitrogens with one attached hydrogen (secondary N) is 1. The molecule has 2 heterocycles. The maximum absolute atomic E-state index is 13.0. The summed E-state index contributed by atoms with van der Waals surface area (Å²) in [4.78, 5) is 26.0. The molecule has 1 N–H and O–H groups in total. The van der Waals surface area contributed by atoms with Crippen molar-refractivity contribution in [1.29, 1.82) is 0 Å². The van der Waals surface area contributed by atoms with Gasteiger partial charge >= 0.3 is 5.76 Å². The standard InChI is InChI=1S/C20H30N4O5S/c1-4-24-17-6-5-16(14-18(17)29-20(24)26)30(27,28)23-10-7-15(8-11-23)13-19(25)21-9-12-22(2)3/h5-6,14-15H,4,7-13H2,1-3H3,(H,21,25). The van der Waals surface area contributed by atoms with Gasteiger partial charge < -0.3 is 14.6 Å². The molecule has 0 aliphatic carbocycles. The van der Waals surface area contributed by atoms with Gasteiger partial charge in [-0.3, -0.25) is 9.36 Å². The number of piperidine rings is 1. The van der Waals surface area contributed by atoms with E-state index in [4.69, 9.17) is 4.42 Å². The molecule has 2 aromatic rings. The number of hydrogen-bond acceptors (Lipinski definition) is 6. The first-order valence-electron chi connectivity index (χ1n) is 10.3. The van der Waals surface area contributed by atoms with Crippen molar-refractivity contribution >= 4 is 27.0 Å². The zero-order valence-electron chi connectivity index (χ0n) is 17.8. The molecule has 1 fully saturated rings. The Bertz CT molecular complexity index is 1050. The number of carbonyl (C=O) groups is 1. The number of amides is 1. The number of sulfonamides is 1. The van der Waals surface area contributed by atoms with E-state index in [1.807, 2.05) is 25.9 Å². The maximum Gasteiger partial charge on any atom is 0.419 e. The summed E-state index contributed by atoms with van der Waals surface area (Å²) in [5, 5.41) is 2.91. The molecular formula is C20H30N4O5S. The molecule has 1 amide bonds. The van der Waals surface area contributed by atoms with E-state index in [9.17, 15) is 18.0 Å². The van der Waals surface area contributed by atoms with Gasteiger partial charge in [-0.2, -0.15) is 4.31 Å². The predicted octanol–water partition coefficient (Wildman–Crippen LogP) is 1.08. The fourth-order valence-corrected chi connectivity index (χ4v) is 5.25. The molecule has 0 unspecified atom stereocenters. The summed E-state index contributed by atoms with van der Waals surface area (Å²) in [5.74, 6) is -0.305. The van der Waals surface area contributed by atoms with Crippen LogP contribution in [-0.4, -0.2) is 68.4 Å². The summed E-state index contributed by atoms with van der Waals surface area (Å²) in [5.41, 5.74) is 0.854. The fourth-order valence-electron chi connectivity index (χ4n) is 3.76. The molecule has 1 saturated heterocycles. The number of likely N-dealkylation sites (N-methyl/N-ethyl adjacent to an activating group) is 1. The first-order chi connectivity index (χ1) is 14.2. The largest absolute Gasteiger partial charge is 0.419 e. The van der Waals surface area contributed by atoms with Gasteiger partial charge in [-0.25, -0.2) is 13.2 Å². The molecule has 3 rings (SSSR count). The summed E-state index contributed by atoms with van der Waals surface area (Å²) >= 11 is 0. The monoisotopic (exact) mass is 438 g/mol. The Morgan fingerprint density at radius 3 is 2.60 bits per heavy atom. The lowest BCUT2D eigenvalue weighted by atomic mass is 9.94. The second-order valence-electron chi connectivity index (χ2n) is 7.95. The highest BCUT2D eigenvalue weighted by Gasteiger charge is 2.30. The Morgan fingerprint density at radius 2 is 1.97 bits per heavy atom. The molecule has 0 radical (unpaired) electrons. The molecule has 1 aliphatic rings. The van der Waals surface area contributed by atoms with Gasteiger partial charge in [0.25, 0.3) is 0 Å². The molecular weight excluding hydrogens is 408 g/mol. The van der Waals surface area contributed by atoms with Crippen LogP contribution in [0.2, 0.25) is 0 Å². The number of carbonyl (C=O) groups excluding carboxylic acids is 1. The second kappa shape index (κ2) is 9.32. The van der Waals surface area contributed by atoms with Crippen LogP contribution in [0.4, 0.5) is 0 Å². The summed E-state index contributed by atoms with van der Waals surface area (Å²) < 4.78 is 34.2. The highest BCUT2D eigenvalue weighted by Crippen LogP contribution is 2.27. The van der Waals surface area contributed by atoms with E-state index in [2.05, 4.69) is 5.32 Å². The summed E-state index contributed by atoms with van der Waals surface area (Å²) in [6, 6.07) is 4.55. The van der Waals surface area contributed by atoms with Crippen molar-refractivity contribution in [3.63, 3.8) is 0 Å². The normalized spacial score (nSPS) is 16.4. The van der Waals surface area contributed by atoms with E-state index in [0.29, 0.717) is 51.0 Å². The fraction of sp³-hybridized carbons (Fsp3) is 0.600. The van der Waals surface area contributed by atoms with Crippen molar-refractivity contribution in [3.8, 4) is 0 Å². The van der Waals surface area contributed by atoms with Gasteiger partial charge in [-0.1, -0.05) is 0 Å². The van der Waals surface area contributed by atoms with E-state index in [-0.39, 0.29) is 22.3 Å². The quantitative estimate of drug-likeness (QED) is 0.661. The number of hydrogen-bond donors (Lipinski definition) is 1. The van der Waals surface area contributed by atoms with E-state index in [1.54, 1.807) is 6.07 Å². The molecule has 0 spiro atoms. The number of nitrogens with zero attached hydrogens (tertiary/aromatic N) is 3. The van der Waals surface area contributed by atoms with Gasteiger partial charge in [0.05, 0.1) is 10.4 Å². The first-order valence-corrected chi connectivity index (χ1v) is 11.7. The van der Waals surface area contributed by atoms with Crippen molar-refractivity contribution in [2.24, 2.45) is 5.92 Å². The molecule has 1 aromatic carbocycles. The van der Waals surface area contributed by atoms with Gasteiger partial charge in [0.2, 0.25) is 15.9 Å². The van der Waals surface area contributed by atoms with Crippen LogP contribution < -0.4 is 11.1 Å². The molecule has 9 nitrogen and oxygen atoms in total. The number of benzene rings is 1. The zero-order valence-corrected chi connectivity index (χ0v) is 18.6. The minimum atomic E-state index is -3.68. The van der Waals surface area contributed by atoms with E-state index in [0.717, 1.165) is 6.54 Å². The highest BCUT2D eigenvalue weighted by atomic mass is 32.2.